The zero-order chi connectivity index (χ0) is 11.4. The van der Waals surface area contributed by atoms with Crippen LogP contribution in [0, 0.1) is 12.3 Å². The van der Waals surface area contributed by atoms with Gasteiger partial charge in [0.1, 0.15) is 5.75 Å². The molecule has 16 heavy (non-hydrogen) atoms. The van der Waals surface area contributed by atoms with Crippen molar-refractivity contribution in [2.75, 3.05) is 7.11 Å². The number of benzene rings is 1. The van der Waals surface area contributed by atoms with Gasteiger partial charge in [0.05, 0.1) is 12.7 Å². The summed E-state index contributed by atoms with van der Waals surface area (Å²) in [5.74, 6) is 3.34. The summed E-state index contributed by atoms with van der Waals surface area (Å²) in [4.78, 5) is 3.98. The van der Waals surface area contributed by atoms with Crippen LogP contribution in [0.4, 0.5) is 0 Å². The van der Waals surface area contributed by atoms with E-state index in [1.54, 1.807) is 19.5 Å². The fraction of sp³-hybridized carbons (Fsp3) is 0.0714. The molecule has 0 unspecified atom stereocenters. The van der Waals surface area contributed by atoms with Gasteiger partial charge in [0, 0.05) is 12.4 Å². The molecule has 78 valence electrons. The van der Waals surface area contributed by atoms with E-state index in [0.29, 0.717) is 0 Å². The number of nitrogens with zero attached hydrogens (tertiary/aromatic N) is 1. The molecule has 0 aliphatic carbocycles. The van der Waals surface area contributed by atoms with Crippen molar-refractivity contribution in [3.63, 3.8) is 0 Å². The molecule has 0 bridgehead atoms. The Morgan fingerprint density at radius 1 is 1.12 bits per heavy atom. The molecule has 0 N–H and O–H groups in total. The molecule has 2 heteroatoms. The van der Waals surface area contributed by atoms with Gasteiger partial charge in [0.2, 0.25) is 0 Å². The van der Waals surface area contributed by atoms with Gasteiger partial charge in [0.25, 0.3) is 0 Å². The summed E-state index contributed by atoms with van der Waals surface area (Å²) in [7, 11) is 1.61. The topological polar surface area (TPSA) is 22.1 Å². The van der Waals surface area contributed by atoms with Crippen LogP contribution in [0.2, 0.25) is 0 Å². The first-order chi connectivity index (χ1) is 7.85. The van der Waals surface area contributed by atoms with Crippen LogP contribution < -0.4 is 4.74 Å². The van der Waals surface area contributed by atoms with Crippen LogP contribution in [0.5, 0.6) is 5.75 Å². The van der Waals surface area contributed by atoms with Gasteiger partial charge in [0.15, 0.2) is 0 Å². The highest BCUT2D eigenvalue weighted by Crippen LogP contribution is 2.25. The Bertz CT molecular complexity index is 526. The van der Waals surface area contributed by atoms with Gasteiger partial charge in [-0.1, -0.05) is 12.0 Å². The Morgan fingerprint density at radius 3 is 2.50 bits per heavy atom. The zero-order valence-electron chi connectivity index (χ0n) is 8.97. The molecular formula is C14H11NO. The highest BCUT2D eigenvalue weighted by Gasteiger charge is 2.03. The van der Waals surface area contributed by atoms with Gasteiger partial charge in [-0.25, -0.2) is 0 Å². The van der Waals surface area contributed by atoms with Crippen molar-refractivity contribution in [2.24, 2.45) is 0 Å². The summed E-state index contributed by atoms with van der Waals surface area (Å²) in [6, 6.07) is 9.69. The van der Waals surface area contributed by atoms with Crippen LogP contribution >= 0.6 is 0 Å². The molecule has 1 aromatic carbocycles. The molecule has 1 aromatic heterocycles. The molecule has 2 aromatic rings. The second-order valence-corrected chi connectivity index (χ2v) is 3.30. The maximum Gasteiger partial charge on any atom is 0.134 e. The van der Waals surface area contributed by atoms with Crippen molar-refractivity contribution in [3.8, 4) is 29.2 Å². The molecule has 0 saturated carbocycles. The van der Waals surface area contributed by atoms with Gasteiger partial charge in [-0.15, -0.1) is 6.42 Å². The first-order valence-corrected chi connectivity index (χ1v) is 4.90. The average molecular weight is 209 g/mol. The molecule has 0 fully saturated rings. The van der Waals surface area contributed by atoms with Crippen LogP contribution in [0.25, 0.3) is 11.1 Å². The molecular weight excluding hydrogens is 198 g/mol. The van der Waals surface area contributed by atoms with E-state index in [-0.39, 0.29) is 0 Å². The molecule has 0 aliphatic heterocycles. The predicted octanol–water partition coefficient (Wildman–Crippen LogP) is 2.74. The lowest BCUT2D eigenvalue weighted by Gasteiger charge is -2.06. The van der Waals surface area contributed by atoms with Crippen molar-refractivity contribution < 1.29 is 4.74 Å². The van der Waals surface area contributed by atoms with Crippen LogP contribution in [0.3, 0.4) is 0 Å². The summed E-state index contributed by atoms with van der Waals surface area (Å²) < 4.78 is 5.17. The van der Waals surface area contributed by atoms with Crippen LogP contribution in [-0.2, 0) is 0 Å². The molecule has 0 aliphatic rings. The molecule has 0 saturated heterocycles. The highest BCUT2D eigenvalue weighted by molar-refractivity contribution is 5.67. The predicted molar refractivity (Wildman–Crippen MR) is 64.2 cm³/mol. The standard InChI is InChI=1S/C14H11NO/c1-3-11-10-13(4-5-14(11)16-2)12-6-8-15-9-7-12/h1,4-10H,2H3. The van der Waals surface area contributed by atoms with E-state index < -0.39 is 0 Å². The van der Waals surface area contributed by atoms with Gasteiger partial charge < -0.3 is 4.74 Å². The maximum atomic E-state index is 5.43. The second-order valence-electron chi connectivity index (χ2n) is 3.30. The number of ether oxygens (including phenoxy) is 1. The van der Waals surface area contributed by atoms with E-state index in [1.165, 1.54) is 0 Å². The van der Waals surface area contributed by atoms with Gasteiger partial charge in [-0.05, 0) is 35.4 Å². The zero-order valence-corrected chi connectivity index (χ0v) is 8.97. The molecule has 2 nitrogen and oxygen atoms in total. The third-order valence-electron chi connectivity index (χ3n) is 2.37. The Hall–Kier alpha value is -2.27. The Morgan fingerprint density at radius 2 is 1.88 bits per heavy atom. The summed E-state index contributed by atoms with van der Waals surface area (Å²) >= 11 is 0. The largest absolute Gasteiger partial charge is 0.495 e. The van der Waals surface area contributed by atoms with E-state index in [4.69, 9.17) is 11.2 Å². The number of terminal acetylenes is 1. The Kier molecular flexibility index (Phi) is 2.88. The SMILES string of the molecule is C#Cc1cc(-c2ccncc2)ccc1OC. The fourth-order valence-electron chi connectivity index (χ4n) is 1.54. The molecule has 0 radical (unpaired) electrons. The smallest absolute Gasteiger partial charge is 0.134 e. The first-order valence-electron chi connectivity index (χ1n) is 4.90. The van der Waals surface area contributed by atoms with E-state index in [1.807, 2.05) is 30.3 Å². The molecule has 2 rings (SSSR count). The van der Waals surface area contributed by atoms with Crippen molar-refractivity contribution in [1.29, 1.82) is 0 Å². The van der Waals surface area contributed by atoms with Crippen LogP contribution in [-0.4, -0.2) is 12.1 Å². The summed E-state index contributed by atoms with van der Waals surface area (Å²) in [5, 5.41) is 0. The van der Waals surface area contributed by atoms with Gasteiger partial charge in [-0.3, -0.25) is 4.98 Å². The number of pyridine rings is 1. The molecule has 0 spiro atoms. The van der Waals surface area contributed by atoms with E-state index in [9.17, 15) is 0 Å². The fourth-order valence-corrected chi connectivity index (χ4v) is 1.54. The minimum atomic E-state index is 0.723. The Labute approximate surface area is 94.9 Å². The van der Waals surface area contributed by atoms with E-state index >= 15 is 0 Å². The van der Waals surface area contributed by atoms with Crippen molar-refractivity contribution in [2.45, 2.75) is 0 Å². The minimum Gasteiger partial charge on any atom is -0.495 e. The highest BCUT2D eigenvalue weighted by atomic mass is 16.5. The lowest BCUT2D eigenvalue weighted by Crippen LogP contribution is -1.88. The normalized spacial score (nSPS) is 9.50. The number of rotatable bonds is 2. The second kappa shape index (κ2) is 4.50. The first kappa shape index (κ1) is 10.3. The average Bonchev–Trinajstić information content (AvgIpc) is 2.39. The number of hydrogen-bond donors (Lipinski definition) is 0. The van der Waals surface area contributed by atoms with E-state index in [2.05, 4.69) is 10.9 Å². The lowest BCUT2D eigenvalue weighted by molar-refractivity contribution is 0.413. The third kappa shape index (κ3) is 1.89. The molecule has 0 atom stereocenters. The quantitative estimate of drug-likeness (QED) is 0.709. The lowest BCUT2D eigenvalue weighted by atomic mass is 10.0. The maximum absolute atomic E-state index is 5.43. The summed E-state index contributed by atoms with van der Waals surface area (Å²) in [6.45, 7) is 0. The van der Waals surface area contributed by atoms with Crippen LogP contribution in [0.15, 0.2) is 42.7 Å². The summed E-state index contributed by atoms with van der Waals surface area (Å²) in [6.07, 6.45) is 8.95. The number of hydrogen-bond acceptors (Lipinski definition) is 2. The molecule has 0 amide bonds. The van der Waals surface area contributed by atoms with Crippen molar-refractivity contribution >= 4 is 0 Å². The van der Waals surface area contributed by atoms with Crippen molar-refractivity contribution in [1.82, 2.24) is 4.98 Å². The van der Waals surface area contributed by atoms with Crippen LogP contribution in [0.1, 0.15) is 5.56 Å². The van der Waals surface area contributed by atoms with Crippen molar-refractivity contribution in [3.05, 3.63) is 48.3 Å². The third-order valence-corrected chi connectivity index (χ3v) is 2.37. The monoisotopic (exact) mass is 209 g/mol. The minimum absolute atomic E-state index is 0.723. The van der Waals surface area contributed by atoms with Gasteiger partial charge >= 0.3 is 0 Å². The Balaban J connectivity index is 2.49. The number of aromatic nitrogens is 1. The summed E-state index contributed by atoms with van der Waals surface area (Å²) in [5.41, 5.74) is 2.92. The molecule has 1 heterocycles. The number of methoxy groups -OCH3 is 1. The van der Waals surface area contributed by atoms with E-state index in [0.717, 1.165) is 22.4 Å². The van der Waals surface area contributed by atoms with Gasteiger partial charge in [-0.2, -0.15) is 0 Å².